The third-order valence-corrected chi connectivity index (χ3v) is 9.13. The lowest BCUT2D eigenvalue weighted by Gasteiger charge is -2.48. The van der Waals surface area contributed by atoms with Crippen LogP contribution in [0.3, 0.4) is 0 Å². The van der Waals surface area contributed by atoms with E-state index >= 15 is 4.79 Å². The van der Waals surface area contributed by atoms with E-state index in [2.05, 4.69) is 58.1 Å². The number of nitrogens with zero attached hydrogens (tertiary/aromatic N) is 2. The molecule has 0 aromatic heterocycles. The van der Waals surface area contributed by atoms with Crippen molar-refractivity contribution in [2.24, 2.45) is 16.3 Å². The van der Waals surface area contributed by atoms with Crippen molar-refractivity contribution in [2.75, 3.05) is 16.8 Å². The van der Waals surface area contributed by atoms with Gasteiger partial charge in [0.05, 0.1) is 16.6 Å². The van der Waals surface area contributed by atoms with Crippen LogP contribution in [-0.2, 0) is 20.4 Å². The van der Waals surface area contributed by atoms with Crippen molar-refractivity contribution in [3.05, 3.63) is 59.2 Å². The number of para-hydroxylation sites is 1. The standard InChI is InChI=1S/C31H37N3O3/c1-18-13-14-21-20(17-18)30-15-16-32-24(30)23(27(2,3)4)31(29(30,8)33-21)19-11-9-10-12-22(19)34(25(31)35)26(36)37-28(5,6)7/h9-14,17,23,33H,15-16H2,1-8H3/t23-,29+,30+,31+/m0/s1. The van der Waals surface area contributed by atoms with Crippen LogP contribution in [0.1, 0.15) is 71.6 Å². The molecule has 2 aromatic carbocycles. The van der Waals surface area contributed by atoms with E-state index in [1.165, 1.54) is 16.0 Å². The quantitative estimate of drug-likeness (QED) is 0.471. The van der Waals surface area contributed by atoms with Gasteiger partial charge in [0.2, 0.25) is 5.91 Å². The third-order valence-electron chi connectivity index (χ3n) is 9.13. The molecule has 2 aromatic rings. The Labute approximate surface area is 219 Å². The highest BCUT2D eigenvalue weighted by Gasteiger charge is 2.83. The van der Waals surface area contributed by atoms with Crippen LogP contribution >= 0.6 is 0 Å². The molecule has 6 nitrogen and oxygen atoms in total. The summed E-state index contributed by atoms with van der Waals surface area (Å²) in [5.41, 5.74) is 2.78. The molecule has 0 radical (unpaired) electrons. The van der Waals surface area contributed by atoms with Crippen LogP contribution in [0.2, 0.25) is 0 Å². The molecule has 3 aliphatic heterocycles. The number of carbonyl (C=O) groups excluding carboxylic acids is 2. The number of rotatable bonds is 0. The fraction of sp³-hybridized carbons (Fsp3) is 0.516. The van der Waals surface area contributed by atoms with Gasteiger partial charge in [-0.3, -0.25) is 9.79 Å². The third kappa shape index (κ3) is 2.69. The Hall–Kier alpha value is -3.15. The number of benzene rings is 2. The van der Waals surface area contributed by atoms with E-state index < -0.39 is 28.1 Å². The molecular formula is C31H37N3O3. The van der Waals surface area contributed by atoms with E-state index in [0.29, 0.717) is 5.69 Å². The first kappa shape index (κ1) is 24.2. The molecule has 194 valence electrons. The van der Waals surface area contributed by atoms with Gasteiger partial charge in [-0.25, -0.2) is 9.69 Å². The number of aliphatic imine (C=N–C) groups is 1. The maximum absolute atomic E-state index is 15.1. The molecule has 1 fully saturated rings. The van der Waals surface area contributed by atoms with Crippen molar-refractivity contribution in [3.63, 3.8) is 0 Å². The molecule has 6 rings (SSSR count). The van der Waals surface area contributed by atoms with E-state index in [0.717, 1.165) is 29.9 Å². The second-order valence-electron chi connectivity index (χ2n) is 13.5. The van der Waals surface area contributed by atoms with Gasteiger partial charge < -0.3 is 10.1 Å². The molecule has 2 spiro atoms. The Kier molecular flexibility index (Phi) is 4.60. The van der Waals surface area contributed by atoms with Gasteiger partial charge in [0, 0.05) is 23.9 Å². The molecule has 37 heavy (non-hydrogen) atoms. The summed E-state index contributed by atoms with van der Waals surface area (Å²) in [6, 6.07) is 14.3. The zero-order chi connectivity index (χ0) is 26.8. The number of aryl methyl sites for hydroxylation is 1. The van der Waals surface area contributed by atoms with Crippen molar-refractivity contribution in [1.82, 2.24) is 0 Å². The van der Waals surface area contributed by atoms with Gasteiger partial charge in [-0.05, 0) is 69.7 Å². The maximum atomic E-state index is 15.1. The van der Waals surface area contributed by atoms with Gasteiger partial charge in [-0.1, -0.05) is 56.7 Å². The van der Waals surface area contributed by atoms with Crippen LogP contribution in [0.4, 0.5) is 16.2 Å². The second kappa shape index (κ2) is 7.03. The summed E-state index contributed by atoms with van der Waals surface area (Å²) in [7, 11) is 0. The fourth-order valence-electron chi connectivity index (χ4n) is 8.13. The molecule has 3 heterocycles. The van der Waals surface area contributed by atoms with Crippen LogP contribution in [0.25, 0.3) is 0 Å². The first-order valence-corrected chi connectivity index (χ1v) is 13.3. The summed E-state index contributed by atoms with van der Waals surface area (Å²) in [5.74, 6) is -0.436. The molecule has 1 saturated carbocycles. The summed E-state index contributed by atoms with van der Waals surface area (Å²) >= 11 is 0. The zero-order valence-corrected chi connectivity index (χ0v) is 23.2. The van der Waals surface area contributed by atoms with E-state index in [-0.39, 0.29) is 17.2 Å². The lowest BCUT2D eigenvalue weighted by Crippen LogP contribution is -2.65. The summed E-state index contributed by atoms with van der Waals surface area (Å²) in [5, 5.41) is 3.90. The minimum atomic E-state index is -1.05. The van der Waals surface area contributed by atoms with Crippen molar-refractivity contribution >= 4 is 29.1 Å². The lowest BCUT2D eigenvalue weighted by molar-refractivity contribution is -0.127. The summed E-state index contributed by atoms with van der Waals surface area (Å²) in [6.07, 6.45) is 0.205. The molecular weight excluding hydrogens is 462 g/mol. The number of nitrogens with one attached hydrogen (secondary N) is 1. The number of carbonyl (C=O) groups is 2. The van der Waals surface area contributed by atoms with E-state index in [1.807, 2.05) is 45.0 Å². The molecule has 1 aliphatic carbocycles. The number of amides is 2. The molecule has 0 saturated heterocycles. The van der Waals surface area contributed by atoms with Crippen molar-refractivity contribution < 1.29 is 14.3 Å². The summed E-state index contributed by atoms with van der Waals surface area (Å²) < 4.78 is 5.80. The predicted octanol–water partition coefficient (Wildman–Crippen LogP) is 6.16. The first-order valence-electron chi connectivity index (χ1n) is 13.3. The van der Waals surface area contributed by atoms with Crippen LogP contribution < -0.4 is 10.2 Å². The van der Waals surface area contributed by atoms with Gasteiger partial charge in [0.1, 0.15) is 11.0 Å². The molecule has 1 N–H and O–H groups in total. The molecule has 4 atom stereocenters. The molecule has 4 aliphatic rings. The largest absolute Gasteiger partial charge is 0.443 e. The molecule has 2 amide bonds. The number of fused-ring (bicyclic) bond motifs is 4. The SMILES string of the molecule is Cc1ccc2c(c1)[C@]13CCN=C1[C@@H](C(C)(C)C)[C@]1(C(=O)N(C(=O)OC(C)(C)C)c4ccccc41)[C@]3(C)N2. The highest BCUT2D eigenvalue weighted by Crippen LogP contribution is 2.73. The fourth-order valence-corrected chi connectivity index (χ4v) is 8.13. The Balaban J connectivity index is 1.69. The number of imide groups is 1. The van der Waals surface area contributed by atoms with E-state index in [1.54, 1.807) is 0 Å². The van der Waals surface area contributed by atoms with Gasteiger partial charge in [-0.2, -0.15) is 0 Å². The zero-order valence-electron chi connectivity index (χ0n) is 23.2. The minimum absolute atomic E-state index is 0.213. The minimum Gasteiger partial charge on any atom is -0.443 e. The van der Waals surface area contributed by atoms with Gasteiger partial charge in [0.15, 0.2) is 0 Å². The second-order valence-corrected chi connectivity index (χ2v) is 13.5. The first-order chi connectivity index (χ1) is 17.2. The Morgan fingerprint density at radius 2 is 1.78 bits per heavy atom. The molecule has 0 bridgehead atoms. The Morgan fingerprint density at radius 1 is 1.08 bits per heavy atom. The highest BCUT2D eigenvalue weighted by molar-refractivity contribution is 6.27. The normalized spacial score (nSPS) is 31.6. The van der Waals surface area contributed by atoms with Crippen molar-refractivity contribution in [1.29, 1.82) is 0 Å². The average molecular weight is 500 g/mol. The number of hydrogen-bond donors (Lipinski definition) is 1. The number of anilines is 2. The predicted molar refractivity (Wildman–Crippen MR) is 147 cm³/mol. The highest BCUT2D eigenvalue weighted by atomic mass is 16.6. The average Bonchev–Trinajstić information content (AvgIpc) is 3.43. The molecule has 6 heteroatoms. The van der Waals surface area contributed by atoms with Crippen LogP contribution in [0.5, 0.6) is 0 Å². The van der Waals surface area contributed by atoms with Crippen LogP contribution in [-0.4, -0.2) is 35.4 Å². The Morgan fingerprint density at radius 3 is 2.46 bits per heavy atom. The van der Waals surface area contributed by atoms with Gasteiger partial charge >= 0.3 is 6.09 Å². The van der Waals surface area contributed by atoms with E-state index in [9.17, 15) is 4.79 Å². The number of ether oxygens (including phenoxy) is 1. The number of hydrogen-bond acceptors (Lipinski definition) is 5. The summed E-state index contributed by atoms with van der Waals surface area (Å²) in [6.45, 7) is 17.1. The molecule has 0 unspecified atom stereocenters. The van der Waals surface area contributed by atoms with Gasteiger partial charge in [0.25, 0.3) is 0 Å². The monoisotopic (exact) mass is 499 g/mol. The lowest BCUT2D eigenvalue weighted by atomic mass is 9.56. The smallest absolute Gasteiger partial charge is 0.421 e. The van der Waals surface area contributed by atoms with Crippen molar-refractivity contribution in [3.8, 4) is 0 Å². The maximum Gasteiger partial charge on any atom is 0.421 e. The Bertz CT molecular complexity index is 1400. The summed E-state index contributed by atoms with van der Waals surface area (Å²) in [4.78, 5) is 35.3. The topological polar surface area (TPSA) is 71.0 Å². The van der Waals surface area contributed by atoms with E-state index in [4.69, 9.17) is 9.73 Å². The van der Waals surface area contributed by atoms with Crippen LogP contribution in [0, 0.1) is 18.3 Å². The van der Waals surface area contributed by atoms with Crippen molar-refractivity contribution in [2.45, 2.75) is 83.8 Å². The van der Waals surface area contributed by atoms with Gasteiger partial charge in [-0.15, -0.1) is 0 Å². The van der Waals surface area contributed by atoms with Crippen LogP contribution in [0.15, 0.2) is 47.5 Å².